The summed E-state index contributed by atoms with van der Waals surface area (Å²) in [5, 5.41) is 17.3. The minimum atomic E-state index is -0.00356. The van der Waals surface area contributed by atoms with Crippen LogP contribution in [0.3, 0.4) is 0 Å². The summed E-state index contributed by atoms with van der Waals surface area (Å²) in [5.41, 5.74) is 2.07. The standard InChI is InChI=1S/C10H14N4/c1-7(2)14-10-8(6-11)4-3-5-9(10)12-13-14/h7-8H,3-5H2,1-2H3. The summed E-state index contributed by atoms with van der Waals surface area (Å²) >= 11 is 0. The molecule has 74 valence electrons. The molecule has 2 rings (SSSR count). The van der Waals surface area contributed by atoms with Gasteiger partial charge in [-0.25, -0.2) is 4.68 Å². The third-order valence-electron chi connectivity index (χ3n) is 2.69. The zero-order valence-electron chi connectivity index (χ0n) is 8.56. The van der Waals surface area contributed by atoms with E-state index >= 15 is 0 Å². The van der Waals surface area contributed by atoms with Gasteiger partial charge in [0.15, 0.2) is 0 Å². The van der Waals surface area contributed by atoms with Crippen LogP contribution in [0.2, 0.25) is 0 Å². The van der Waals surface area contributed by atoms with Crippen LogP contribution in [0.5, 0.6) is 0 Å². The molecule has 0 radical (unpaired) electrons. The van der Waals surface area contributed by atoms with Gasteiger partial charge < -0.3 is 0 Å². The number of aromatic nitrogens is 3. The average molecular weight is 190 g/mol. The molecule has 4 heteroatoms. The molecule has 1 aliphatic rings. The van der Waals surface area contributed by atoms with Crippen molar-refractivity contribution in [3.8, 4) is 6.07 Å². The quantitative estimate of drug-likeness (QED) is 0.678. The monoisotopic (exact) mass is 190 g/mol. The third kappa shape index (κ3) is 1.29. The maximum absolute atomic E-state index is 9.04. The Balaban J connectivity index is 2.48. The van der Waals surface area contributed by atoms with Crippen molar-refractivity contribution in [3.05, 3.63) is 11.4 Å². The molecule has 1 unspecified atom stereocenters. The van der Waals surface area contributed by atoms with Gasteiger partial charge in [0.25, 0.3) is 0 Å². The van der Waals surface area contributed by atoms with Crippen molar-refractivity contribution in [2.24, 2.45) is 0 Å². The number of nitriles is 1. The van der Waals surface area contributed by atoms with Crippen molar-refractivity contribution in [1.82, 2.24) is 15.0 Å². The predicted octanol–water partition coefficient (Wildman–Crippen LogP) is 1.80. The fraction of sp³-hybridized carbons (Fsp3) is 0.700. The maximum Gasteiger partial charge on any atom is 0.0901 e. The molecule has 0 aliphatic heterocycles. The van der Waals surface area contributed by atoms with E-state index in [0.29, 0.717) is 6.04 Å². The van der Waals surface area contributed by atoms with Crippen molar-refractivity contribution < 1.29 is 0 Å². The Bertz CT molecular complexity index is 372. The summed E-state index contributed by atoms with van der Waals surface area (Å²) in [4.78, 5) is 0. The molecule has 4 nitrogen and oxygen atoms in total. The molecule has 0 N–H and O–H groups in total. The van der Waals surface area contributed by atoms with Gasteiger partial charge in [-0.2, -0.15) is 5.26 Å². The second-order valence-electron chi connectivity index (χ2n) is 4.03. The molecule has 0 fully saturated rings. The first-order chi connectivity index (χ1) is 6.74. The normalized spacial score (nSPS) is 20.6. The van der Waals surface area contributed by atoms with Gasteiger partial charge in [-0.05, 0) is 33.1 Å². The summed E-state index contributed by atoms with van der Waals surface area (Å²) in [6.45, 7) is 4.13. The first-order valence-electron chi connectivity index (χ1n) is 5.07. The zero-order valence-corrected chi connectivity index (χ0v) is 8.56. The Hall–Kier alpha value is -1.37. The highest BCUT2D eigenvalue weighted by Gasteiger charge is 2.26. The number of nitrogens with zero attached hydrogens (tertiary/aromatic N) is 4. The fourth-order valence-corrected chi connectivity index (χ4v) is 1.99. The van der Waals surface area contributed by atoms with Crippen LogP contribution in [-0.2, 0) is 6.42 Å². The molecule has 1 heterocycles. The van der Waals surface area contributed by atoms with E-state index in [1.807, 2.05) is 4.68 Å². The molecule has 1 aliphatic carbocycles. The smallest absolute Gasteiger partial charge is 0.0901 e. The summed E-state index contributed by atoms with van der Waals surface area (Å²) < 4.78 is 1.89. The molecule has 0 spiro atoms. The largest absolute Gasteiger partial charge is 0.245 e. The lowest BCUT2D eigenvalue weighted by Gasteiger charge is -2.18. The van der Waals surface area contributed by atoms with Gasteiger partial charge >= 0.3 is 0 Å². The van der Waals surface area contributed by atoms with Crippen molar-refractivity contribution >= 4 is 0 Å². The molecular weight excluding hydrogens is 176 g/mol. The Kier molecular flexibility index (Phi) is 2.24. The highest BCUT2D eigenvalue weighted by Crippen LogP contribution is 2.30. The topological polar surface area (TPSA) is 54.5 Å². The number of hydrogen-bond donors (Lipinski definition) is 0. The van der Waals surface area contributed by atoms with Crippen LogP contribution in [0.1, 0.15) is 50.0 Å². The summed E-state index contributed by atoms with van der Waals surface area (Å²) in [6.07, 6.45) is 2.98. The van der Waals surface area contributed by atoms with E-state index in [1.165, 1.54) is 0 Å². The molecule has 14 heavy (non-hydrogen) atoms. The number of hydrogen-bond acceptors (Lipinski definition) is 3. The maximum atomic E-state index is 9.04. The first-order valence-corrected chi connectivity index (χ1v) is 5.07. The molecule has 1 aromatic rings. The third-order valence-corrected chi connectivity index (χ3v) is 2.69. The Morgan fingerprint density at radius 3 is 3.00 bits per heavy atom. The molecular formula is C10H14N4. The Labute approximate surface area is 83.5 Å². The number of fused-ring (bicyclic) bond motifs is 1. The lowest BCUT2D eigenvalue weighted by atomic mass is 9.90. The SMILES string of the molecule is CC(C)n1nnc2c1C(C#N)CCC2. The van der Waals surface area contributed by atoms with E-state index in [4.69, 9.17) is 5.26 Å². The molecule has 0 bridgehead atoms. The first kappa shape index (κ1) is 9.20. The van der Waals surface area contributed by atoms with E-state index in [2.05, 4.69) is 30.2 Å². The molecule has 0 saturated heterocycles. The van der Waals surface area contributed by atoms with Gasteiger partial charge in [-0.3, -0.25) is 0 Å². The molecule has 0 saturated carbocycles. The Morgan fingerprint density at radius 1 is 1.57 bits per heavy atom. The lowest BCUT2D eigenvalue weighted by molar-refractivity contribution is 0.475. The average Bonchev–Trinajstić information content (AvgIpc) is 2.60. The number of aryl methyl sites for hydroxylation is 1. The van der Waals surface area contributed by atoms with Gasteiger partial charge in [0.05, 0.1) is 23.4 Å². The summed E-state index contributed by atoms with van der Waals surface area (Å²) in [5.74, 6) is -0.00356. The second kappa shape index (κ2) is 3.41. The van der Waals surface area contributed by atoms with Crippen LogP contribution in [0, 0.1) is 11.3 Å². The van der Waals surface area contributed by atoms with Crippen LogP contribution in [0.4, 0.5) is 0 Å². The highest BCUT2D eigenvalue weighted by atomic mass is 15.4. The minimum absolute atomic E-state index is 0.00356. The van der Waals surface area contributed by atoms with E-state index < -0.39 is 0 Å². The summed E-state index contributed by atoms with van der Waals surface area (Å²) in [6, 6.07) is 2.63. The molecule has 1 aromatic heterocycles. The number of rotatable bonds is 1. The van der Waals surface area contributed by atoms with Crippen LogP contribution < -0.4 is 0 Å². The van der Waals surface area contributed by atoms with Gasteiger partial charge in [0.1, 0.15) is 0 Å². The van der Waals surface area contributed by atoms with Crippen molar-refractivity contribution in [3.63, 3.8) is 0 Å². The van der Waals surface area contributed by atoms with Crippen LogP contribution >= 0.6 is 0 Å². The van der Waals surface area contributed by atoms with Gasteiger partial charge in [-0.1, -0.05) is 5.21 Å². The van der Waals surface area contributed by atoms with Crippen LogP contribution in [-0.4, -0.2) is 15.0 Å². The predicted molar refractivity (Wildman–Crippen MR) is 51.7 cm³/mol. The van der Waals surface area contributed by atoms with E-state index in [-0.39, 0.29) is 5.92 Å². The Morgan fingerprint density at radius 2 is 2.36 bits per heavy atom. The minimum Gasteiger partial charge on any atom is -0.245 e. The van der Waals surface area contributed by atoms with Crippen LogP contribution in [0.25, 0.3) is 0 Å². The second-order valence-corrected chi connectivity index (χ2v) is 4.03. The fourth-order valence-electron chi connectivity index (χ4n) is 1.99. The summed E-state index contributed by atoms with van der Waals surface area (Å²) in [7, 11) is 0. The molecule has 0 amide bonds. The van der Waals surface area contributed by atoms with Gasteiger partial charge in [0, 0.05) is 6.04 Å². The zero-order chi connectivity index (χ0) is 10.1. The molecule has 1 atom stereocenters. The van der Waals surface area contributed by atoms with E-state index in [0.717, 1.165) is 30.7 Å². The lowest BCUT2D eigenvalue weighted by Crippen LogP contribution is -2.15. The van der Waals surface area contributed by atoms with E-state index in [1.54, 1.807) is 0 Å². The van der Waals surface area contributed by atoms with Gasteiger partial charge in [0.2, 0.25) is 0 Å². The van der Waals surface area contributed by atoms with Crippen LogP contribution in [0.15, 0.2) is 0 Å². The van der Waals surface area contributed by atoms with Crippen molar-refractivity contribution in [1.29, 1.82) is 5.26 Å². The van der Waals surface area contributed by atoms with Crippen molar-refractivity contribution in [2.75, 3.05) is 0 Å². The van der Waals surface area contributed by atoms with E-state index in [9.17, 15) is 0 Å². The van der Waals surface area contributed by atoms with Crippen molar-refractivity contribution in [2.45, 2.75) is 45.1 Å². The van der Waals surface area contributed by atoms with Gasteiger partial charge in [-0.15, -0.1) is 5.10 Å². The highest BCUT2D eigenvalue weighted by molar-refractivity contribution is 5.25. The molecule has 0 aromatic carbocycles.